The predicted octanol–water partition coefficient (Wildman–Crippen LogP) is 3.14. The molecule has 108 valence electrons. The van der Waals surface area contributed by atoms with E-state index >= 15 is 0 Å². The Morgan fingerprint density at radius 3 is 2.58 bits per heavy atom. The van der Waals surface area contributed by atoms with Gasteiger partial charge in [-0.25, -0.2) is 9.97 Å². The molecular formula is C14H25ClN4. The zero-order valence-electron chi connectivity index (χ0n) is 12.6. The van der Waals surface area contributed by atoms with E-state index in [1.54, 1.807) is 0 Å². The SMILES string of the molecule is CCc1nc(Cl)c(C)c(NCCCN(C)C(C)C)n1. The van der Waals surface area contributed by atoms with Crippen molar-refractivity contribution in [1.29, 1.82) is 0 Å². The lowest BCUT2D eigenvalue weighted by molar-refractivity contribution is 0.273. The molecule has 0 aromatic carbocycles. The average Bonchev–Trinajstić information content (AvgIpc) is 2.38. The number of hydrogen-bond donors (Lipinski definition) is 1. The van der Waals surface area contributed by atoms with Gasteiger partial charge in [-0.3, -0.25) is 0 Å². The van der Waals surface area contributed by atoms with Crippen molar-refractivity contribution in [3.8, 4) is 0 Å². The molecule has 1 aromatic rings. The molecule has 0 amide bonds. The van der Waals surface area contributed by atoms with Crippen LogP contribution >= 0.6 is 11.6 Å². The smallest absolute Gasteiger partial charge is 0.137 e. The molecular weight excluding hydrogens is 260 g/mol. The minimum atomic E-state index is 0.550. The maximum Gasteiger partial charge on any atom is 0.137 e. The normalized spacial score (nSPS) is 11.4. The second-order valence-corrected chi connectivity index (χ2v) is 5.47. The molecule has 0 aliphatic heterocycles. The third kappa shape index (κ3) is 4.96. The van der Waals surface area contributed by atoms with Crippen LogP contribution in [0.4, 0.5) is 5.82 Å². The summed E-state index contributed by atoms with van der Waals surface area (Å²) in [5.41, 5.74) is 0.927. The van der Waals surface area contributed by atoms with Gasteiger partial charge in [0.15, 0.2) is 0 Å². The lowest BCUT2D eigenvalue weighted by Gasteiger charge is -2.21. The van der Waals surface area contributed by atoms with Gasteiger partial charge in [0, 0.05) is 24.6 Å². The van der Waals surface area contributed by atoms with Crippen LogP contribution in [-0.4, -0.2) is 41.0 Å². The van der Waals surface area contributed by atoms with Crippen molar-refractivity contribution in [2.45, 2.75) is 46.6 Å². The van der Waals surface area contributed by atoms with Crippen molar-refractivity contribution in [3.05, 3.63) is 16.5 Å². The summed E-state index contributed by atoms with van der Waals surface area (Å²) < 4.78 is 0. The molecule has 0 atom stereocenters. The van der Waals surface area contributed by atoms with E-state index in [9.17, 15) is 0 Å². The van der Waals surface area contributed by atoms with E-state index in [-0.39, 0.29) is 0 Å². The fourth-order valence-electron chi connectivity index (χ4n) is 1.66. The van der Waals surface area contributed by atoms with E-state index in [0.29, 0.717) is 11.2 Å². The zero-order valence-corrected chi connectivity index (χ0v) is 13.4. The lowest BCUT2D eigenvalue weighted by atomic mass is 10.3. The summed E-state index contributed by atoms with van der Waals surface area (Å²) in [7, 11) is 2.15. The van der Waals surface area contributed by atoms with E-state index in [1.165, 1.54) is 0 Å². The van der Waals surface area contributed by atoms with Crippen LogP contribution in [0.15, 0.2) is 0 Å². The molecule has 0 fully saturated rings. The lowest BCUT2D eigenvalue weighted by Crippen LogP contribution is -2.28. The Morgan fingerprint density at radius 1 is 1.32 bits per heavy atom. The molecule has 1 heterocycles. The summed E-state index contributed by atoms with van der Waals surface area (Å²) >= 11 is 6.10. The van der Waals surface area contributed by atoms with Crippen LogP contribution in [0.1, 0.15) is 38.6 Å². The number of aryl methyl sites for hydroxylation is 1. The van der Waals surface area contributed by atoms with Crippen LogP contribution in [0.25, 0.3) is 0 Å². The first-order valence-corrected chi connectivity index (χ1v) is 7.30. The van der Waals surface area contributed by atoms with Gasteiger partial charge in [-0.05, 0) is 40.8 Å². The monoisotopic (exact) mass is 284 g/mol. The minimum absolute atomic E-state index is 0.550. The molecule has 0 bridgehead atoms. The van der Waals surface area contributed by atoms with Crippen molar-refractivity contribution in [1.82, 2.24) is 14.9 Å². The quantitative estimate of drug-likeness (QED) is 0.617. The molecule has 1 N–H and O–H groups in total. The van der Waals surface area contributed by atoms with Crippen LogP contribution in [0, 0.1) is 6.92 Å². The summed E-state index contributed by atoms with van der Waals surface area (Å²) in [6.45, 7) is 10.4. The minimum Gasteiger partial charge on any atom is -0.370 e. The Labute approximate surface area is 121 Å². The maximum absolute atomic E-state index is 6.10. The number of nitrogens with zero attached hydrogens (tertiary/aromatic N) is 3. The van der Waals surface area contributed by atoms with Gasteiger partial charge in [0.05, 0.1) is 0 Å². The fourth-order valence-corrected chi connectivity index (χ4v) is 1.84. The van der Waals surface area contributed by atoms with Crippen LogP contribution < -0.4 is 5.32 Å². The number of hydrogen-bond acceptors (Lipinski definition) is 4. The third-order valence-corrected chi connectivity index (χ3v) is 3.68. The Bertz CT molecular complexity index is 407. The van der Waals surface area contributed by atoms with Crippen molar-refractivity contribution in [2.24, 2.45) is 0 Å². The van der Waals surface area contributed by atoms with Crippen molar-refractivity contribution >= 4 is 17.4 Å². The molecule has 0 saturated carbocycles. The van der Waals surface area contributed by atoms with Gasteiger partial charge in [0.2, 0.25) is 0 Å². The highest BCUT2D eigenvalue weighted by Gasteiger charge is 2.08. The second-order valence-electron chi connectivity index (χ2n) is 5.11. The first-order chi connectivity index (χ1) is 8.95. The van der Waals surface area contributed by atoms with Crippen LogP contribution in [-0.2, 0) is 6.42 Å². The Hall–Kier alpha value is -0.870. The molecule has 0 aliphatic rings. The zero-order chi connectivity index (χ0) is 14.4. The van der Waals surface area contributed by atoms with Crippen molar-refractivity contribution in [3.63, 3.8) is 0 Å². The van der Waals surface area contributed by atoms with E-state index in [1.807, 2.05) is 13.8 Å². The summed E-state index contributed by atoms with van der Waals surface area (Å²) in [5.74, 6) is 1.65. The highest BCUT2D eigenvalue weighted by atomic mass is 35.5. The Morgan fingerprint density at radius 2 is 2.00 bits per heavy atom. The molecule has 19 heavy (non-hydrogen) atoms. The third-order valence-electron chi connectivity index (χ3n) is 3.31. The van der Waals surface area contributed by atoms with E-state index in [2.05, 4.69) is 41.1 Å². The fraction of sp³-hybridized carbons (Fsp3) is 0.714. The van der Waals surface area contributed by atoms with E-state index in [0.717, 1.165) is 43.1 Å². The number of halogens is 1. The number of rotatable bonds is 7. The van der Waals surface area contributed by atoms with Gasteiger partial charge < -0.3 is 10.2 Å². The van der Waals surface area contributed by atoms with Gasteiger partial charge in [0.25, 0.3) is 0 Å². The molecule has 1 rings (SSSR count). The molecule has 1 aromatic heterocycles. The molecule has 0 saturated heterocycles. The number of nitrogens with one attached hydrogen (secondary N) is 1. The summed E-state index contributed by atoms with van der Waals surface area (Å²) in [6.07, 6.45) is 1.88. The largest absolute Gasteiger partial charge is 0.370 e. The number of aromatic nitrogens is 2. The number of anilines is 1. The Kier molecular flexibility index (Phi) is 6.52. The van der Waals surface area contributed by atoms with E-state index < -0.39 is 0 Å². The van der Waals surface area contributed by atoms with Crippen LogP contribution in [0.5, 0.6) is 0 Å². The van der Waals surface area contributed by atoms with Crippen molar-refractivity contribution in [2.75, 3.05) is 25.5 Å². The summed E-state index contributed by atoms with van der Waals surface area (Å²) in [5, 5.41) is 3.91. The van der Waals surface area contributed by atoms with Crippen LogP contribution in [0.3, 0.4) is 0 Å². The second kappa shape index (κ2) is 7.65. The first kappa shape index (κ1) is 16.2. The molecule has 0 spiro atoms. The molecule has 0 aliphatic carbocycles. The van der Waals surface area contributed by atoms with Gasteiger partial charge in [-0.2, -0.15) is 0 Å². The maximum atomic E-state index is 6.10. The highest BCUT2D eigenvalue weighted by molar-refractivity contribution is 6.30. The molecule has 0 radical (unpaired) electrons. The Balaban J connectivity index is 2.51. The molecule has 0 unspecified atom stereocenters. The summed E-state index contributed by atoms with van der Waals surface area (Å²) in [6, 6.07) is 0.585. The van der Waals surface area contributed by atoms with E-state index in [4.69, 9.17) is 11.6 Å². The van der Waals surface area contributed by atoms with Gasteiger partial charge >= 0.3 is 0 Å². The summed E-state index contributed by atoms with van der Waals surface area (Å²) in [4.78, 5) is 11.1. The molecule has 4 nitrogen and oxygen atoms in total. The standard InChI is InChI=1S/C14H25ClN4/c1-6-12-17-13(15)11(4)14(18-12)16-8-7-9-19(5)10(2)3/h10H,6-9H2,1-5H3,(H,16,17,18). The van der Waals surface area contributed by atoms with Gasteiger partial charge in [-0.15, -0.1) is 0 Å². The molecule has 5 heteroatoms. The highest BCUT2D eigenvalue weighted by Crippen LogP contribution is 2.19. The topological polar surface area (TPSA) is 41.1 Å². The predicted molar refractivity (Wildman–Crippen MR) is 82.0 cm³/mol. The van der Waals surface area contributed by atoms with Gasteiger partial charge in [0.1, 0.15) is 16.8 Å². The van der Waals surface area contributed by atoms with Crippen molar-refractivity contribution < 1.29 is 0 Å². The average molecular weight is 285 g/mol. The van der Waals surface area contributed by atoms with Crippen LogP contribution in [0.2, 0.25) is 5.15 Å². The first-order valence-electron chi connectivity index (χ1n) is 6.92. The van der Waals surface area contributed by atoms with Gasteiger partial charge in [-0.1, -0.05) is 18.5 Å².